The van der Waals surface area contributed by atoms with E-state index in [1.165, 1.54) is 5.56 Å². The summed E-state index contributed by atoms with van der Waals surface area (Å²) in [4.78, 5) is 21.2. The molecule has 1 aromatic heterocycles. The van der Waals surface area contributed by atoms with E-state index in [9.17, 15) is 4.79 Å². The average Bonchev–Trinajstić information content (AvgIpc) is 2.46. The first-order valence-corrected chi connectivity index (χ1v) is 7.12. The fourth-order valence-electron chi connectivity index (χ4n) is 1.64. The molecule has 0 saturated heterocycles. The van der Waals surface area contributed by atoms with Crippen LogP contribution < -0.4 is 10.6 Å². The molecule has 0 radical (unpaired) electrons. The maximum absolute atomic E-state index is 10.9. The summed E-state index contributed by atoms with van der Waals surface area (Å²) in [6.07, 6.45) is 3.34. The Labute approximate surface area is 122 Å². The number of amides is 1. The number of hydrogen-bond acceptors (Lipinski definition) is 5. The van der Waals surface area contributed by atoms with Gasteiger partial charge in [0, 0.05) is 12.8 Å². The van der Waals surface area contributed by atoms with Crippen LogP contribution in [0.1, 0.15) is 5.56 Å². The van der Waals surface area contributed by atoms with Gasteiger partial charge in [-0.25, -0.2) is 4.98 Å². The summed E-state index contributed by atoms with van der Waals surface area (Å²) in [5.74, 6) is 1.08. The van der Waals surface area contributed by atoms with Crippen molar-refractivity contribution < 1.29 is 4.79 Å². The minimum absolute atomic E-state index is 0.126. The van der Waals surface area contributed by atoms with Gasteiger partial charge in [-0.15, -0.1) is 11.8 Å². The number of anilines is 1. The zero-order valence-corrected chi connectivity index (χ0v) is 12.0. The van der Waals surface area contributed by atoms with Crippen LogP contribution in [0.4, 0.5) is 5.82 Å². The van der Waals surface area contributed by atoms with Crippen molar-refractivity contribution in [3.05, 3.63) is 48.3 Å². The first-order chi connectivity index (χ1) is 9.65. The quantitative estimate of drug-likeness (QED) is 0.819. The molecule has 0 aliphatic rings. The van der Waals surface area contributed by atoms with Crippen LogP contribution in [-0.4, -0.2) is 29.5 Å². The molecule has 0 aliphatic heterocycles. The van der Waals surface area contributed by atoms with Gasteiger partial charge in [0.15, 0.2) is 0 Å². The minimum Gasteiger partial charge on any atom is -0.368 e. The molecule has 2 aromatic rings. The molecule has 6 heteroatoms. The average molecular weight is 288 g/mol. The topological polar surface area (TPSA) is 72.1 Å². The summed E-state index contributed by atoms with van der Waals surface area (Å²) in [7, 11) is 1.76. The van der Waals surface area contributed by atoms with Gasteiger partial charge in [0.1, 0.15) is 10.8 Å². The summed E-state index contributed by atoms with van der Waals surface area (Å²) in [6, 6.07) is 10.2. The van der Waals surface area contributed by atoms with Crippen LogP contribution in [0.25, 0.3) is 0 Å². The molecule has 0 fully saturated rings. The Bertz CT molecular complexity index is 576. The normalized spacial score (nSPS) is 10.2. The van der Waals surface area contributed by atoms with E-state index in [1.807, 2.05) is 18.2 Å². The van der Waals surface area contributed by atoms with Crippen LogP contribution in [0, 0.1) is 0 Å². The molecule has 2 N–H and O–H groups in total. The third kappa shape index (κ3) is 4.24. The van der Waals surface area contributed by atoms with Crippen molar-refractivity contribution in [2.45, 2.75) is 10.8 Å². The minimum atomic E-state index is -0.392. The Morgan fingerprint density at radius 2 is 2.05 bits per heavy atom. The number of hydrogen-bond donors (Lipinski definition) is 1. The number of likely N-dealkylation sites (N-methyl/N-ethyl adjacent to an activating group) is 1. The highest BCUT2D eigenvalue weighted by Crippen LogP contribution is 2.21. The van der Waals surface area contributed by atoms with Gasteiger partial charge >= 0.3 is 0 Å². The number of nitrogens with two attached hydrogens (primary N) is 1. The van der Waals surface area contributed by atoms with E-state index in [4.69, 9.17) is 5.73 Å². The maximum Gasteiger partial charge on any atom is 0.236 e. The molecule has 1 aromatic carbocycles. The lowest BCUT2D eigenvalue weighted by molar-refractivity contribution is -0.116. The van der Waals surface area contributed by atoms with Gasteiger partial charge in [0.2, 0.25) is 5.91 Å². The largest absolute Gasteiger partial charge is 0.368 e. The molecule has 0 bridgehead atoms. The number of primary amides is 1. The second-order valence-corrected chi connectivity index (χ2v) is 5.31. The van der Waals surface area contributed by atoms with Crippen LogP contribution in [0.2, 0.25) is 0 Å². The molecule has 0 spiro atoms. The molecular weight excluding hydrogens is 272 g/mol. The Hall–Kier alpha value is -2.08. The van der Waals surface area contributed by atoms with Crippen molar-refractivity contribution in [3.63, 3.8) is 0 Å². The SMILES string of the molecule is CN(CC(N)=O)c1cncc(SCc2ccccc2)n1. The summed E-state index contributed by atoms with van der Waals surface area (Å²) in [5.41, 5.74) is 6.40. The Morgan fingerprint density at radius 1 is 1.30 bits per heavy atom. The van der Waals surface area contributed by atoms with Gasteiger partial charge in [-0.1, -0.05) is 30.3 Å². The van der Waals surface area contributed by atoms with E-state index in [-0.39, 0.29) is 6.54 Å². The van der Waals surface area contributed by atoms with Crippen molar-refractivity contribution in [1.82, 2.24) is 9.97 Å². The number of nitrogens with zero attached hydrogens (tertiary/aromatic N) is 3. The fraction of sp³-hybridized carbons (Fsp3) is 0.214. The number of carbonyl (C=O) groups is 1. The van der Waals surface area contributed by atoms with Gasteiger partial charge in [0.25, 0.3) is 0 Å². The van der Waals surface area contributed by atoms with Crippen LogP contribution in [-0.2, 0) is 10.5 Å². The van der Waals surface area contributed by atoms with Gasteiger partial charge in [-0.05, 0) is 5.56 Å². The first-order valence-electron chi connectivity index (χ1n) is 6.13. The monoisotopic (exact) mass is 288 g/mol. The lowest BCUT2D eigenvalue weighted by Gasteiger charge is -2.15. The molecule has 0 aliphatic carbocycles. The Morgan fingerprint density at radius 3 is 2.75 bits per heavy atom. The van der Waals surface area contributed by atoms with E-state index in [1.54, 1.807) is 36.1 Å². The van der Waals surface area contributed by atoms with Crippen molar-refractivity contribution in [1.29, 1.82) is 0 Å². The fourth-order valence-corrected chi connectivity index (χ4v) is 2.44. The predicted octanol–water partition coefficient (Wildman–Crippen LogP) is 1.69. The number of rotatable bonds is 6. The summed E-state index contributed by atoms with van der Waals surface area (Å²) >= 11 is 1.61. The molecule has 0 atom stereocenters. The van der Waals surface area contributed by atoms with Crippen molar-refractivity contribution in [2.24, 2.45) is 5.73 Å². The Kier molecular flexibility index (Phi) is 4.95. The summed E-state index contributed by atoms with van der Waals surface area (Å²) in [5, 5.41) is 0.822. The smallest absolute Gasteiger partial charge is 0.236 e. The highest BCUT2D eigenvalue weighted by molar-refractivity contribution is 7.98. The lowest BCUT2D eigenvalue weighted by Crippen LogP contribution is -2.31. The zero-order chi connectivity index (χ0) is 14.4. The predicted molar refractivity (Wildman–Crippen MR) is 80.5 cm³/mol. The van der Waals surface area contributed by atoms with Crippen LogP contribution >= 0.6 is 11.8 Å². The second kappa shape index (κ2) is 6.91. The first kappa shape index (κ1) is 14.3. The van der Waals surface area contributed by atoms with Gasteiger partial charge in [0.05, 0.1) is 18.9 Å². The molecule has 104 valence electrons. The lowest BCUT2D eigenvalue weighted by atomic mass is 10.2. The molecule has 1 heterocycles. The highest BCUT2D eigenvalue weighted by atomic mass is 32.2. The van der Waals surface area contributed by atoms with Crippen molar-refractivity contribution in [3.8, 4) is 0 Å². The molecular formula is C14H16N4OS. The van der Waals surface area contributed by atoms with Gasteiger partial charge in [-0.2, -0.15) is 0 Å². The maximum atomic E-state index is 10.9. The summed E-state index contributed by atoms with van der Waals surface area (Å²) in [6.45, 7) is 0.126. The highest BCUT2D eigenvalue weighted by Gasteiger charge is 2.07. The van der Waals surface area contributed by atoms with E-state index in [2.05, 4.69) is 22.1 Å². The molecule has 2 rings (SSSR count). The van der Waals surface area contributed by atoms with E-state index in [0.717, 1.165) is 10.8 Å². The number of benzene rings is 1. The van der Waals surface area contributed by atoms with Crippen molar-refractivity contribution in [2.75, 3.05) is 18.5 Å². The van der Waals surface area contributed by atoms with E-state index in [0.29, 0.717) is 5.82 Å². The van der Waals surface area contributed by atoms with E-state index >= 15 is 0 Å². The van der Waals surface area contributed by atoms with Crippen molar-refractivity contribution >= 4 is 23.5 Å². The third-order valence-electron chi connectivity index (χ3n) is 2.61. The molecule has 20 heavy (non-hydrogen) atoms. The Balaban J connectivity index is 2.01. The van der Waals surface area contributed by atoms with Crippen LogP contribution in [0.15, 0.2) is 47.8 Å². The number of aromatic nitrogens is 2. The second-order valence-electron chi connectivity index (χ2n) is 4.31. The number of carbonyl (C=O) groups excluding carboxylic acids is 1. The third-order valence-corrected chi connectivity index (χ3v) is 3.58. The van der Waals surface area contributed by atoms with Gasteiger partial charge < -0.3 is 10.6 Å². The van der Waals surface area contributed by atoms with Crippen LogP contribution in [0.3, 0.4) is 0 Å². The number of thioether (sulfide) groups is 1. The molecule has 5 nitrogen and oxygen atoms in total. The van der Waals surface area contributed by atoms with Crippen LogP contribution in [0.5, 0.6) is 0 Å². The molecule has 0 unspecified atom stereocenters. The molecule has 1 amide bonds. The molecule has 0 saturated carbocycles. The summed E-state index contributed by atoms with van der Waals surface area (Å²) < 4.78 is 0. The zero-order valence-electron chi connectivity index (χ0n) is 11.2. The van der Waals surface area contributed by atoms with Gasteiger partial charge in [-0.3, -0.25) is 9.78 Å². The van der Waals surface area contributed by atoms with E-state index < -0.39 is 5.91 Å². The standard InChI is InChI=1S/C14H16N4OS/c1-18(9-12(15)19)13-7-16-8-14(17-13)20-10-11-5-3-2-4-6-11/h2-8H,9-10H2,1H3,(H2,15,19).